The van der Waals surface area contributed by atoms with Crippen LogP contribution in [0.4, 0.5) is 11.4 Å². The fourth-order valence-electron chi connectivity index (χ4n) is 2.65. The van der Waals surface area contributed by atoms with Crippen LogP contribution in [0, 0.1) is 10.1 Å². The fraction of sp³-hybridized carbons (Fsp3) is 0.500. The first-order valence-corrected chi connectivity index (χ1v) is 6.07. The minimum atomic E-state index is -0.378. The van der Waals surface area contributed by atoms with E-state index in [2.05, 4.69) is 0 Å². The molecule has 0 atom stereocenters. The molecule has 2 aliphatic rings. The summed E-state index contributed by atoms with van der Waals surface area (Å²) in [5.74, 6) is 0.852. The largest absolute Gasteiger partial charge is 0.491 e. The summed E-state index contributed by atoms with van der Waals surface area (Å²) < 4.78 is 11.0. The maximum atomic E-state index is 11.3. The molecule has 18 heavy (non-hydrogen) atoms. The van der Waals surface area contributed by atoms with Crippen LogP contribution in [-0.2, 0) is 12.8 Å². The van der Waals surface area contributed by atoms with Crippen molar-refractivity contribution in [1.82, 2.24) is 0 Å². The molecule has 1 aromatic rings. The second kappa shape index (κ2) is 4.04. The number of nitrogen functional groups attached to an aromatic ring is 1. The molecule has 0 aromatic heterocycles. The number of nitrogens with two attached hydrogens (primary N) is 1. The van der Waals surface area contributed by atoms with Gasteiger partial charge in [0.25, 0.3) is 0 Å². The molecule has 2 heterocycles. The molecule has 0 unspecified atom stereocenters. The van der Waals surface area contributed by atoms with Gasteiger partial charge in [-0.25, -0.2) is 0 Å². The number of ether oxygens (including phenoxy) is 2. The lowest BCUT2D eigenvalue weighted by atomic mass is 9.95. The third-order valence-electron chi connectivity index (χ3n) is 3.44. The number of nitro groups is 1. The van der Waals surface area contributed by atoms with Crippen molar-refractivity contribution in [3.63, 3.8) is 0 Å². The predicted molar refractivity (Wildman–Crippen MR) is 65.1 cm³/mol. The third-order valence-corrected chi connectivity index (χ3v) is 3.44. The lowest BCUT2D eigenvalue weighted by Gasteiger charge is -2.25. The standard InChI is InChI=1S/C12H14N2O4/c13-9-7-3-1-6-18-12(7)10(14(15)16)8-4-2-5-17-11(8)9/h1-6,13H2. The van der Waals surface area contributed by atoms with Crippen LogP contribution in [0.2, 0.25) is 0 Å². The Kier molecular flexibility index (Phi) is 2.50. The zero-order chi connectivity index (χ0) is 12.7. The summed E-state index contributed by atoms with van der Waals surface area (Å²) in [6.07, 6.45) is 2.92. The van der Waals surface area contributed by atoms with Gasteiger partial charge in [-0.3, -0.25) is 10.1 Å². The summed E-state index contributed by atoms with van der Waals surface area (Å²) in [5, 5.41) is 11.3. The van der Waals surface area contributed by atoms with Gasteiger partial charge in [-0.1, -0.05) is 0 Å². The molecule has 6 nitrogen and oxygen atoms in total. The monoisotopic (exact) mass is 250 g/mol. The van der Waals surface area contributed by atoms with E-state index in [1.165, 1.54) is 0 Å². The number of hydrogen-bond donors (Lipinski definition) is 1. The van der Waals surface area contributed by atoms with E-state index in [-0.39, 0.29) is 10.6 Å². The van der Waals surface area contributed by atoms with E-state index in [1.807, 2.05) is 0 Å². The van der Waals surface area contributed by atoms with Crippen molar-refractivity contribution in [1.29, 1.82) is 0 Å². The van der Waals surface area contributed by atoms with Gasteiger partial charge in [0.05, 0.1) is 29.4 Å². The third kappa shape index (κ3) is 1.48. The molecular weight excluding hydrogens is 236 g/mol. The first kappa shape index (κ1) is 11.1. The van der Waals surface area contributed by atoms with Crippen molar-refractivity contribution in [2.24, 2.45) is 0 Å². The lowest BCUT2D eigenvalue weighted by molar-refractivity contribution is -0.386. The average Bonchev–Trinajstić information content (AvgIpc) is 2.39. The lowest BCUT2D eigenvalue weighted by Crippen LogP contribution is -2.18. The van der Waals surface area contributed by atoms with E-state index in [0.717, 1.165) is 18.4 Å². The van der Waals surface area contributed by atoms with Gasteiger partial charge in [0.2, 0.25) is 5.75 Å². The maximum Gasteiger partial charge on any atom is 0.318 e. The molecule has 3 rings (SSSR count). The van der Waals surface area contributed by atoms with E-state index in [9.17, 15) is 10.1 Å². The Bertz CT molecular complexity index is 490. The molecule has 96 valence electrons. The summed E-state index contributed by atoms with van der Waals surface area (Å²) in [6.45, 7) is 1.07. The van der Waals surface area contributed by atoms with Crippen molar-refractivity contribution in [3.05, 3.63) is 21.2 Å². The average molecular weight is 250 g/mol. The molecule has 0 bridgehead atoms. The molecule has 2 aliphatic heterocycles. The highest BCUT2D eigenvalue weighted by molar-refractivity contribution is 5.76. The summed E-state index contributed by atoms with van der Waals surface area (Å²) in [4.78, 5) is 10.9. The molecule has 0 aliphatic carbocycles. The first-order valence-electron chi connectivity index (χ1n) is 6.07. The predicted octanol–water partition coefficient (Wildman–Crippen LogP) is 1.83. The highest BCUT2D eigenvalue weighted by Crippen LogP contribution is 2.49. The van der Waals surface area contributed by atoms with E-state index in [0.29, 0.717) is 48.8 Å². The Balaban J connectivity index is 2.31. The molecule has 1 aromatic carbocycles. The molecule has 0 saturated carbocycles. The quantitative estimate of drug-likeness (QED) is 0.466. The first-order chi connectivity index (χ1) is 8.70. The van der Waals surface area contributed by atoms with Gasteiger partial charge in [0.1, 0.15) is 0 Å². The highest BCUT2D eigenvalue weighted by atomic mass is 16.6. The minimum Gasteiger partial charge on any atom is -0.491 e. The zero-order valence-corrected chi connectivity index (χ0v) is 9.90. The van der Waals surface area contributed by atoms with Crippen LogP contribution in [-0.4, -0.2) is 18.1 Å². The highest BCUT2D eigenvalue weighted by Gasteiger charge is 2.34. The molecule has 0 spiro atoms. The molecule has 0 saturated heterocycles. The van der Waals surface area contributed by atoms with Crippen LogP contribution in [0.1, 0.15) is 24.0 Å². The van der Waals surface area contributed by atoms with E-state index < -0.39 is 0 Å². The summed E-state index contributed by atoms with van der Waals surface area (Å²) in [5.41, 5.74) is 7.95. The van der Waals surface area contributed by atoms with E-state index >= 15 is 0 Å². The topological polar surface area (TPSA) is 87.6 Å². The molecule has 0 radical (unpaired) electrons. The van der Waals surface area contributed by atoms with Gasteiger partial charge in [0.15, 0.2) is 5.75 Å². The second-order valence-electron chi connectivity index (χ2n) is 4.54. The van der Waals surface area contributed by atoms with E-state index in [4.69, 9.17) is 15.2 Å². The van der Waals surface area contributed by atoms with Crippen LogP contribution < -0.4 is 15.2 Å². The second-order valence-corrected chi connectivity index (χ2v) is 4.54. The maximum absolute atomic E-state index is 11.3. The van der Waals surface area contributed by atoms with E-state index in [1.54, 1.807) is 0 Å². The van der Waals surface area contributed by atoms with Crippen LogP contribution in [0.5, 0.6) is 11.5 Å². The Labute approximate surface area is 104 Å². The number of nitro benzene ring substituents is 1. The normalized spacial score (nSPS) is 17.1. The van der Waals surface area contributed by atoms with Crippen LogP contribution >= 0.6 is 0 Å². The minimum absolute atomic E-state index is 0.0496. The SMILES string of the molecule is Nc1c2c(c([N+](=O)[O-])c3c1OCCC3)OCCC2. The van der Waals surface area contributed by atoms with Crippen molar-refractivity contribution in [2.45, 2.75) is 25.7 Å². The summed E-state index contributed by atoms with van der Waals surface area (Å²) >= 11 is 0. The Morgan fingerprint density at radius 1 is 1.06 bits per heavy atom. The zero-order valence-electron chi connectivity index (χ0n) is 9.90. The Morgan fingerprint density at radius 2 is 1.67 bits per heavy atom. The number of benzene rings is 1. The van der Waals surface area contributed by atoms with Gasteiger partial charge in [-0.15, -0.1) is 0 Å². The Hall–Kier alpha value is -1.98. The molecule has 6 heteroatoms. The molecule has 0 fully saturated rings. The Morgan fingerprint density at radius 3 is 2.33 bits per heavy atom. The van der Waals surface area contributed by atoms with Crippen molar-refractivity contribution < 1.29 is 14.4 Å². The van der Waals surface area contributed by atoms with Gasteiger partial charge < -0.3 is 15.2 Å². The number of anilines is 1. The van der Waals surface area contributed by atoms with Crippen molar-refractivity contribution in [3.8, 4) is 11.5 Å². The number of nitrogens with zero attached hydrogens (tertiary/aromatic N) is 1. The van der Waals surface area contributed by atoms with Crippen LogP contribution in [0.3, 0.4) is 0 Å². The van der Waals surface area contributed by atoms with Gasteiger partial charge in [-0.2, -0.15) is 0 Å². The molecule has 0 amide bonds. The van der Waals surface area contributed by atoms with Crippen LogP contribution in [0.25, 0.3) is 0 Å². The van der Waals surface area contributed by atoms with Gasteiger partial charge in [0, 0.05) is 5.56 Å². The summed E-state index contributed by atoms with van der Waals surface area (Å²) in [7, 11) is 0. The molecule has 2 N–H and O–H groups in total. The number of fused-ring (bicyclic) bond motifs is 2. The van der Waals surface area contributed by atoms with Crippen molar-refractivity contribution in [2.75, 3.05) is 18.9 Å². The number of rotatable bonds is 1. The smallest absolute Gasteiger partial charge is 0.318 e. The fourth-order valence-corrected chi connectivity index (χ4v) is 2.65. The summed E-state index contributed by atoms with van der Waals surface area (Å²) in [6, 6.07) is 0. The van der Waals surface area contributed by atoms with Crippen LogP contribution in [0.15, 0.2) is 0 Å². The molecular formula is C12H14N2O4. The van der Waals surface area contributed by atoms with Crippen molar-refractivity contribution >= 4 is 11.4 Å². The van der Waals surface area contributed by atoms with Gasteiger partial charge in [-0.05, 0) is 25.7 Å². The number of hydrogen-bond acceptors (Lipinski definition) is 5. The van der Waals surface area contributed by atoms with Gasteiger partial charge >= 0.3 is 5.69 Å².